The predicted molar refractivity (Wildman–Crippen MR) is 73.3 cm³/mol. The standard InChI is InChI=1S/C15H22N2O/c1-12-3-5-13(6-4-12)11-17(2)15(18)9-10-16-14-7-8-14/h3-6,14,16H,7-11H2,1-2H3. The van der Waals surface area contributed by atoms with Gasteiger partial charge in [0.05, 0.1) is 0 Å². The summed E-state index contributed by atoms with van der Waals surface area (Å²) in [5, 5.41) is 3.37. The van der Waals surface area contributed by atoms with E-state index >= 15 is 0 Å². The Morgan fingerprint density at radius 1 is 1.33 bits per heavy atom. The first-order chi connectivity index (χ1) is 8.65. The molecule has 0 unspecified atom stereocenters. The van der Waals surface area contributed by atoms with Gasteiger partial charge in [-0.25, -0.2) is 0 Å². The molecule has 1 amide bonds. The molecule has 0 radical (unpaired) electrons. The maximum Gasteiger partial charge on any atom is 0.223 e. The molecule has 0 atom stereocenters. The molecule has 0 aromatic heterocycles. The smallest absolute Gasteiger partial charge is 0.223 e. The highest BCUT2D eigenvalue weighted by molar-refractivity contribution is 5.76. The lowest BCUT2D eigenvalue weighted by molar-refractivity contribution is -0.130. The van der Waals surface area contributed by atoms with E-state index in [4.69, 9.17) is 0 Å². The minimum atomic E-state index is 0.212. The number of carbonyl (C=O) groups excluding carboxylic acids is 1. The van der Waals surface area contributed by atoms with Crippen molar-refractivity contribution < 1.29 is 4.79 Å². The zero-order valence-corrected chi connectivity index (χ0v) is 11.3. The van der Waals surface area contributed by atoms with E-state index in [1.54, 1.807) is 4.90 Å². The maximum atomic E-state index is 11.9. The highest BCUT2D eigenvalue weighted by atomic mass is 16.2. The lowest BCUT2D eigenvalue weighted by Crippen LogP contribution is -2.30. The molecule has 0 bridgehead atoms. The molecule has 0 spiro atoms. The minimum absolute atomic E-state index is 0.212. The van der Waals surface area contributed by atoms with Gasteiger partial charge in [0.2, 0.25) is 5.91 Å². The third-order valence-electron chi connectivity index (χ3n) is 3.32. The predicted octanol–water partition coefficient (Wildman–Crippen LogP) is 2.10. The van der Waals surface area contributed by atoms with Gasteiger partial charge in [0.25, 0.3) is 0 Å². The number of hydrogen-bond donors (Lipinski definition) is 1. The van der Waals surface area contributed by atoms with E-state index in [-0.39, 0.29) is 5.91 Å². The Hall–Kier alpha value is -1.35. The average molecular weight is 246 g/mol. The fraction of sp³-hybridized carbons (Fsp3) is 0.533. The summed E-state index contributed by atoms with van der Waals surface area (Å²) in [6.45, 7) is 3.58. The molecule has 98 valence electrons. The maximum absolute atomic E-state index is 11.9. The molecule has 1 aliphatic carbocycles. The number of nitrogens with zero attached hydrogens (tertiary/aromatic N) is 1. The van der Waals surface area contributed by atoms with Crippen molar-refractivity contribution in [2.24, 2.45) is 0 Å². The highest BCUT2D eigenvalue weighted by Gasteiger charge is 2.20. The van der Waals surface area contributed by atoms with Crippen LogP contribution < -0.4 is 5.32 Å². The second kappa shape index (κ2) is 6.01. The Morgan fingerprint density at radius 3 is 2.61 bits per heavy atom. The van der Waals surface area contributed by atoms with E-state index in [0.717, 1.165) is 6.54 Å². The monoisotopic (exact) mass is 246 g/mol. The molecule has 3 nitrogen and oxygen atoms in total. The molecular weight excluding hydrogens is 224 g/mol. The molecule has 1 N–H and O–H groups in total. The zero-order chi connectivity index (χ0) is 13.0. The molecule has 18 heavy (non-hydrogen) atoms. The van der Waals surface area contributed by atoms with Crippen LogP contribution in [-0.2, 0) is 11.3 Å². The van der Waals surface area contributed by atoms with Crippen molar-refractivity contribution in [3.8, 4) is 0 Å². The summed E-state index contributed by atoms with van der Waals surface area (Å²) in [4.78, 5) is 13.7. The second-order valence-electron chi connectivity index (χ2n) is 5.21. The molecule has 0 heterocycles. The third-order valence-corrected chi connectivity index (χ3v) is 3.32. The van der Waals surface area contributed by atoms with Gasteiger partial charge in [-0.15, -0.1) is 0 Å². The second-order valence-corrected chi connectivity index (χ2v) is 5.21. The van der Waals surface area contributed by atoms with E-state index in [2.05, 4.69) is 36.5 Å². The summed E-state index contributed by atoms with van der Waals surface area (Å²) in [5.41, 5.74) is 2.44. The van der Waals surface area contributed by atoms with Crippen LogP contribution in [0, 0.1) is 6.92 Å². The van der Waals surface area contributed by atoms with Gasteiger partial charge in [-0.3, -0.25) is 4.79 Å². The van der Waals surface area contributed by atoms with E-state index < -0.39 is 0 Å². The molecule has 1 aromatic rings. The molecular formula is C15H22N2O. The van der Waals surface area contributed by atoms with Gasteiger partial charge in [0.15, 0.2) is 0 Å². The number of benzene rings is 1. The normalized spacial score (nSPS) is 14.6. The van der Waals surface area contributed by atoms with Crippen LogP contribution >= 0.6 is 0 Å². The van der Waals surface area contributed by atoms with Gasteiger partial charge < -0.3 is 10.2 Å². The van der Waals surface area contributed by atoms with E-state index in [1.807, 2.05) is 7.05 Å². The summed E-state index contributed by atoms with van der Waals surface area (Å²) < 4.78 is 0. The number of rotatable bonds is 6. The average Bonchev–Trinajstić information content (AvgIpc) is 3.16. The van der Waals surface area contributed by atoms with Crippen LogP contribution in [0.5, 0.6) is 0 Å². The van der Waals surface area contributed by atoms with Crippen molar-refractivity contribution in [1.29, 1.82) is 0 Å². The van der Waals surface area contributed by atoms with E-state index in [0.29, 0.717) is 19.0 Å². The van der Waals surface area contributed by atoms with Crippen LogP contribution in [0.3, 0.4) is 0 Å². The van der Waals surface area contributed by atoms with Gasteiger partial charge in [-0.2, -0.15) is 0 Å². The summed E-state index contributed by atoms with van der Waals surface area (Å²) >= 11 is 0. The topological polar surface area (TPSA) is 32.3 Å². The Labute approximate surface area is 109 Å². The van der Waals surface area contributed by atoms with Gasteiger partial charge in [0.1, 0.15) is 0 Å². The van der Waals surface area contributed by atoms with Crippen LogP contribution in [0.2, 0.25) is 0 Å². The minimum Gasteiger partial charge on any atom is -0.341 e. The quantitative estimate of drug-likeness (QED) is 0.833. The molecule has 0 aliphatic heterocycles. The highest BCUT2D eigenvalue weighted by Crippen LogP contribution is 2.18. The van der Waals surface area contributed by atoms with Crippen molar-refractivity contribution >= 4 is 5.91 Å². The molecule has 0 saturated heterocycles. The van der Waals surface area contributed by atoms with Crippen molar-refractivity contribution in [2.45, 2.75) is 38.8 Å². The fourth-order valence-electron chi connectivity index (χ4n) is 1.92. The van der Waals surface area contributed by atoms with Gasteiger partial charge in [0, 0.05) is 32.6 Å². The molecule has 1 aliphatic rings. The first-order valence-corrected chi connectivity index (χ1v) is 6.68. The molecule has 3 heteroatoms. The van der Waals surface area contributed by atoms with Crippen molar-refractivity contribution in [3.05, 3.63) is 35.4 Å². The Kier molecular flexibility index (Phi) is 4.37. The largest absolute Gasteiger partial charge is 0.341 e. The zero-order valence-electron chi connectivity index (χ0n) is 11.3. The lowest BCUT2D eigenvalue weighted by atomic mass is 10.1. The van der Waals surface area contributed by atoms with Crippen molar-refractivity contribution in [2.75, 3.05) is 13.6 Å². The summed E-state index contributed by atoms with van der Waals surface area (Å²) in [6.07, 6.45) is 3.14. The number of hydrogen-bond acceptors (Lipinski definition) is 2. The van der Waals surface area contributed by atoms with Gasteiger partial charge in [-0.1, -0.05) is 29.8 Å². The number of amides is 1. The number of carbonyl (C=O) groups is 1. The Morgan fingerprint density at radius 2 is 2.00 bits per heavy atom. The van der Waals surface area contributed by atoms with E-state index in [9.17, 15) is 4.79 Å². The molecule has 2 rings (SSSR count). The lowest BCUT2D eigenvalue weighted by Gasteiger charge is -2.17. The third kappa shape index (κ3) is 4.15. The van der Waals surface area contributed by atoms with Gasteiger partial charge in [-0.05, 0) is 25.3 Å². The van der Waals surface area contributed by atoms with Crippen LogP contribution in [0.25, 0.3) is 0 Å². The van der Waals surface area contributed by atoms with Crippen LogP contribution in [0.15, 0.2) is 24.3 Å². The van der Waals surface area contributed by atoms with Gasteiger partial charge >= 0.3 is 0 Å². The van der Waals surface area contributed by atoms with Crippen molar-refractivity contribution in [3.63, 3.8) is 0 Å². The summed E-state index contributed by atoms with van der Waals surface area (Å²) in [7, 11) is 1.87. The molecule has 1 saturated carbocycles. The molecule has 1 fully saturated rings. The number of aryl methyl sites for hydroxylation is 1. The van der Waals surface area contributed by atoms with Crippen LogP contribution in [-0.4, -0.2) is 30.4 Å². The summed E-state index contributed by atoms with van der Waals surface area (Å²) in [6, 6.07) is 9.02. The molecule has 1 aromatic carbocycles. The first-order valence-electron chi connectivity index (χ1n) is 6.68. The van der Waals surface area contributed by atoms with Crippen molar-refractivity contribution in [1.82, 2.24) is 10.2 Å². The van der Waals surface area contributed by atoms with E-state index in [1.165, 1.54) is 24.0 Å². The SMILES string of the molecule is Cc1ccc(CN(C)C(=O)CCNC2CC2)cc1. The van der Waals surface area contributed by atoms with Crippen LogP contribution in [0.4, 0.5) is 0 Å². The summed E-state index contributed by atoms with van der Waals surface area (Å²) in [5.74, 6) is 0.212. The Balaban J connectivity index is 1.73. The first kappa shape index (κ1) is 13.1. The Bertz CT molecular complexity index is 395. The van der Waals surface area contributed by atoms with Crippen LogP contribution in [0.1, 0.15) is 30.4 Å². The fourth-order valence-corrected chi connectivity index (χ4v) is 1.92. The number of nitrogens with one attached hydrogen (secondary N) is 1.